The molecule has 0 aromatic rings. The van der Waals surface area contributed by atoms with Gasteiger partial charge in [-0.1, -0.05) is 20.8 Å². The van der Waals surface area contributed by atoms with Crippen molar-refractivity contribution in [3.05, 3.63) is 0 Å². The molecule has 0 heterocycles. The van der Waals surface area contributed by atoms with Crippen molar-refractivity contribution in [3.63, 3.8) is 0 Å². The molecule has 5 heteroatoms. The van der Waals surface area contributed by atoms with E-state index in [4.69, 9.17) is 5.73 Å². The zero-order valence-corrected chi connectivity index (χ0v) is 10.6. The second-order valence-electron chi connectivity index (χ2n) is 5.68. The van der Waals surface area contributed by atoms with E-state index in [0.717, 1.165) is 12.8 Å². The van der Waals surface area contributed by atoms with Crippen LogP contribution in [-0.2, 0) is 10.0 Å². The molecule has 0 aliphatic heterocycles. The Morgan fingerprint density at radius 1 is 1.33 bits per heavy atom. The number of rotatable bonds is 4. The molecule has 0 amide bonds. The second kappa shape index (κ2) is 4.39. The molecule has 3 N–H and O–H groups in total. The van der Waals surface area contributed by atoms with E-state index in [0.29, 0.717) is 6.42 Å². The standard InChI is InChI=1S/C10H22N2O2S/c1-10(2,3)4-5-15(13,14)12-9-6-8(11)7-9/h8-9,12H,4-7,11H2,1-3H3. The first-order valence-electron chi connectivity index (χ1n) is 5.43. The van der Waals surface area contributed by atoms with Gasteiger partial charge in [0.15, 0.2) is 0 Å². The number of hydrogen-bond acceptors (Lipinski definition) is 3. The van der Waals surface area contributed by atoms with Gasteiger partial charge >= 0.3 is 0 Å². The van der Waals surface area contributed by atoms with Gasteiger partial charge in [0.1, 0.15) is 0 Å². The normalized spacial score (nSPS) is 27.5. The zero-order chi connectivity index (χ0) is 11.7. The van der Waals surface area contributed by atoms with E-state index >= 15 is 0 Å². The fourth-order valence-corrected chi connectivity index (χ4v) is 3.21. The quantitative estimate of drug-likeness (QED) is 0.757. The third-order valence-corrected chi connectivity index (χ3v) is 4.08. The van der Waals surface area contributed by atoms with Gasteiger partial charge in [-0.05, 0) is 24.7 Å². The molecule has 0 unspecified atom stereocenters. The average Bonchev–Trinajstić information content (AvgIpc) is 1.97. The zero-order valence-electron chi connectivity index (χ0n) is 9.79. The monoisotopic (exact) mass is 234 g/mol. The summed E-state index contributed by atoms with van der Waals surface area (Å²) >= 11 is 0. The fourth-order valence-electron chi connectivity index (χ4n) is 1.51. The van der Waals surface area contributed by atoms with Crippen molar-refractivity contribution in [2.45, 2.75) is 52.1 Å². The Labute approximate surface area is 92.7 Å². The van der Waals surface area contributed by atoms with Gasteiger partial charge in [-0.2, -0.15) is 0 Å². The lowest BCUT2D eigenvalue weighted by Crippen LogP contribution is -2.50. The van der Waals surface area contributed by atoms with E-state index in [9.17, 15) is 8.42 Å². The summed E-state index contributed by atoms with van der Waals surface area (Å²) in [4.78, 5) is 0. The molecule has 90 valence electrons. The summed E-state index contributed by atoms with van der Waals surface area (Å²) < 4.78 is 26.0. The summed E-state index contributed by atoms with van der Waals surface area (Å²) in [7, 11) is -3.10. The molecule has 1 aliphatic rings. The van der Waals surface area contributed by atoms with Crippen LogP contribution in [0.5, 0.6) is 0 Å². The van der Waals surface area contributed by atoms with Gasteiger partial charge in [0.05, 0.1) is 5.75 Å². The van der Waals surface area contributed by atoms with Crippen LogP contribution >= 0.6 is 0 Å². The Morgan fingerprint density at radius 2 is 1.87 bits per heavy atom. The molecule has 0 radical (unpaired) electrons. The molecule has 1 rings (SSSR count). The Bertz CT molecular complexity index is 300. The highest BCUT2D eigenvalue weighted by Crippen LogP contribution is 2.21. The second-order valence-corrected chi connectivity index (χ2v) is 7.55. The highest BCUT2D eigenvalue weighted by atomic mass is 32.2. The highest BCUT2D eigenvalue weighted by Gasteiger charge is 2.29. The van der Waals surface area contributed by atoms with Gasteiger partial charge in [-0.25, -0.2) is 13.1 Å². The molecule has 1 saturated carbocycles. The third-order valence-electron chi connectivity index (χ3n) is 2.64. The van der Waals surface area contributed by atoms with Crippen molar-refractivity contribution in [2.24, 2.45) is 11.1 Å². The summed E-state index contributed by atoms with van der Waals surface area (Å²) in [6.45, 7) is 6.13. The smallest absolute Gasteiger partial charge is 0.211 e. The summed E-state index contributed by atoms with van der Waals surface area (Å²) in [5.74, 6) is 0.211. The Morgan fingerprint density at radius 3 is 2.27 bits per heavy atom. The number of hydrogen-bond donors (Lipinski definition) is 2. The van der Waals surface area contributed by atoms with Crippen molar-refractivity contribution in [2.75, 3.05) is 5.75 Å². The van der Waals surface area contributed by atoms with Crippen LogP contribution in [0.3, 0.4) is 0 Å². The fraction of sp³-hybridized carbons (Fsp3) is 1.00. The molecule has 0 saturated heterocycles. The largest absolute Gasteiger partial charge is 0.328 e. The van der Waals surface area contributed by atoms with E-state index in [1.807, 2.05) is 20.8 Å². The first-order valence-corrected chi connectivity index (χ1v) is 7.09. The summed E-state index contributed by atoms with van der Waals surface area (Å²) in [5.41, 5.74) is 5.66. The number of sulfonamides is 1. The van der Waals surface area contributed by atoms with E-state index < -0.39 is 10.0 Å². The minimum atomic E-state index is -3.10. The van der Waals surface area contributed by atoms with Gasteiger partial charge in [0.25, 0.3) is 0 Å². The van der Waals surface area contributed by atoms with Gasteiger partial charge in [-0.3, -0.25) is 0 Å². The lowest BCUT2D eigenvalue weighted by molar-refractivity contribution is 0.325. The van der Waals surface area contributed by atoms with Crippen molar-refractivity contribution >= 4 is 10.0 Å². The minimum Gasteiger partial charge on any atom is -0.328 e. The van der Waals surface area contributed by atoms with Crippen molar-refractivity contribution in [1.82, 2.24) is 4.72 Å². The Hall–Kier alpha value is -0.130. The number of nitrogens with one attached hydrogen (secondary N) is 1. The maximum absolute atomic E-state index is 11.6. The molecular weight excluding hydrogens is 212 g/mol. The van der Waals surface area contributed by atoms with Gasteiger partial charge < -0.3 is 5.73 Å². The van der Waals surface area contributed by atoms with Crippen molar-refractivity contribution < 1.29 is 8.42 Å². The van der Waals surface area contributed by atoms with Crippen LogP contribution in [0.25, 0.3) is 0 Å². The summed E-state index contributed by atoms with van der Waals surface area (Å²) in [6, 6.07) is 0.255. The molecule has 1 fully saturated rings. The third kappa shape index (κ3) is 4.95. The van der Waals surface area contributed by atoms with Gasteiger partial charge in [-0.15, -0.1) is 0 Å². The molecule has 15 heavy (non-hydrogen) atoms. The minimum absolute atomic E-state index is 0.0603. The lowest BCUT2D eigenvalue weighted by Gasteiger charge is -2.33. The SMILES string of the molecule is CC(C)(C)CCS(=O)(=O)NC1CC(N)C1. The molecule has 4 nitrogen and oxygen atoms in total. The van der Waals surface area contributed by atoms with Crippen LogP contribution in [-0.4, -0.2) is 26.3 Å². The first kappa shape index (κ1) is 12.9. The van der Waals surface area contributed by atoms with Crippen molar-refractivity contribution in [3.8, 4) is 0 Å². The molecule has 0 aromatic heterocycles. The molecule has 1 aliphatic carbocycles. The van der Waals surface area contributed by atoms with Crippen LogP contribution in [0.2, 0.25) is 0 Å². The maximum atomic E-state index is 11.6. The lowest BCUT2D eigenvalue weighted by atomic mass is 9.89. The van der Waals surface area contributed by atoms with Gasteiger partial charge in [0.2, 0.25) is 10.0 Å². The summed E-state index contributed by atoms with van der Waals surface area (Å²) in [5, 5.41) is 0. The van der Waals surface area contributed by atoms with Gasteiger partial charge in [0, 0.05) is 12.1 Å². The first-order chi connectivity index (χ1) is 6.68. The topological polar surface area (TPSA) is 72.2 Å². The van der Waals surface area contributed by atoms with E-state index in [1.165, 1.54) is 0 Å². The maximum Gasteiger partial charge on any atom is 0.211 e. The van der Waals surface area contributed by atoms with Crippen LogP contribution in [0.1, 0.15) is 40.0 Å². The van der Waals surface area contributed by atoms with E-state index in [1.54, 1.807) is 0 Å². The van der Waals surface area contributed by atoms with Crippen LogP contribution < -0.4 is 10.5 Å². The van der Waals surface area contributed by atoms with Crippen LogP contribution in [0.4, 0.5) is 0 Å². The Balaban J connectivity index is 2.33. The molecule has 0 aromatic carbocycles. The predicted molar refractivity (Wildman–Crippen MR) is 62.0 cm³/mol. The number of nitrogens with two attached hydrogens (primary N) is 1. The van der Waals surface area contributed by atoms with E-state index in [-0.39, 0.29) is 23.3 Å². The molecular formula is C10H22N2O2S. The predicted octanol–water partition coefficient (Wildman–Crippen LogP) is 0.832. The molecule has 0 atom stereocenters. The Kier molecular flexibility index (Phi) is 3.79. The highest BCUT2D eigenvalue weighted by molar-refractivity contribution is 7.89. The van der Waals surface area contributed by atoms with Crippen molar-refractivity contribution in [1.29, 1.82) is 0 Å². The van der Waals surface area contributed by atoms with Crippen LogP contribution in [0.15, 0.2) is 0 Å². The molecule has 0 bridgehead atoms. The summed E-state index contributed by atoms with van der Waals surface area (Å²) in [6.07, 6.45) is 2.23. The molecule has 0 spiro atoms. The average molecular weight is 234 g/mol. The van der Waals surface area contributed by atoms with E-state index in [2.05, 4.69) is 4.72 Å². The van der Waals surface area contributed by atoms with Crippen LogP contribution in [0, 0.1) is 5.41 Å².